The number of rotatable bonds is 2. The van der Waals surface area contributed by atoms with Gasteiger partial charge in [0.15, 0.2) is 0 Å². The molecule has 0 atom stereocenters. The van der Waals surface area contributed by atoms with Crippen LogP contribution in [0.5, 0.6) is 0 Å². The van der Waals surface area contributed by atoms with Crippen LogP contribution in [0.3, 0.4) is 0 Å². The lowest BCUT2D eigenvalue weighted by Crippen LogP contribution is -2.19. The van der Waals surface area contributed by atoms with Gasteiger partial charge in [0.2, 0.25) is 5.95 Å². The smallest absolute Gasteiger partial charge is 0.324 e. The summed E-state index contributed by atoms with van der Waals surface area (Å²) in [6, 6.07) is 15.9. The fraction of sp³-hybridized carbons (Fsp3) is 0.160. The van der Waals surface area contributed by atoms with Gasteiger partial charge in [0.1, 0.15) is 5.82 Å². The Kier molecular flexibility index (Phi) is 5.66. The second-order valence-corrected chi connectivity index (χ2v) is 9.03. The van der Waals surface area contributed by atoms with E-state index in [1.54, 1.807) is 6.20 Å². The summed E-state index contributed by atoms with van der Waals surface area (Å²) in [5.74, 6) is 1.28. The molecule has 2 amide bonds. The molecule has 0 saturated heterocycles. The van der Waals surface area contributed by atoms with Gasteiger partial charge in [0.05, 0.1) is 5.00 Å². The maximum Gasteiger partial charge on any atom is 0.324 e. The first-order chi connectivity index (χ1) is 16.0. The number of aromatic nitrogens is 2. The monoisotopic (exact) mass is 456 g/mol. The molecule has 33 heavy (non-hydrogen) atoms. The molecule has 0 radical (unpaired) electrons. The van der Waals surface area contributed by atoms with Gasteiger partial charge in [-0.25, -0.2) is 9.78 Å². The Hall–Kier alpha value is -3.91. The van der Waals surface area contributed by atoms with Crippen LogP contribution in [0.25, 0.3) is 0 Å². The molecule has 166 valence electrons. The van der Waals surface area contributed by atoms with Crippen LogP contribution < -0.4 is 21.3 Å². The maximum atomic E-state index is 12.6. The van der Waals surface area contributed by atoms with E-state index in [1.807, 2.05) is 49.6 Å². The number of anilines is 6. The van der Waals surface area contributed by atoms with E-state index in [0.717, 1.165) is 57.4 Å². The molecule has 7 nitrogen and oxygen atoms in total. The van der Waals surface area contributed by atoms with Crippen LogP contribution in [-0.2, 0) is 12.8 Å². The lowest BCUT2D eigenvalue weighted by molar-refractivity contribution is 0.262. The number of carbonyl (C=O) groups is 1. The molecule has 4 aromatic rings. The first kappa shape index (κ1) is 21.0. The molecule has 4 N–H and O–H groups in total. The van der Waals surface area contributed by atoms with Crippen LogP contribution in [0, 0.1) is 13.8 Å². The van der Waals surface area contributed by atoms with E-state index in [0.29, 0.717) is 5.95 Å². The zero-order valence-electron chi connectivity index (χ0n) is 18.4. The summed E-state index contributed by atoms with van der Waals surface area (Å²) in [6.07, 6.45) is 3.40. The van der Waals surface area contributed by atoms with E-state index < -0.39 is 0 Å². The van der Waals surface area contributed by atoms with Crippen molar-refractivity contribution in [1.29, 1.82) is 0 Å². The molecule has 5 rings (SSSR count). The number of carbonyl (C=O) groups excluding carboxylic acids is 1. The van der Waals surface area contributed by atoms with Crippen LogP contribution in [0.15, 0.2) is 60.1 Å². The third-order valence-corrected chi connectivity index (χ3v) is 6.38. The molecule has 8 heteroatoms. The molecule has 3 heterocycles. The summed E-state index contributed by atoms with van der Waals surface area (Å²) >= 11 is 1.51. The number of hydrogen-bond donors (Lipinski definition) is 4. The Labute approximate surface area is 196 Å². The summed E-state index contributed by atoms with van der Waals surface area (Å²) in [4.78, 5) is 21.7. The number of nitrogens with zero attached hydrogens (tertiary/aromatic N) is 2. The quantitative estimate of drug-likeness (QED) is 0.281. The number of nitrogens with one attached hydrogen (secondary N) is 4. The molecule has 1 aliphatic rings. The van der Waals surface area contributed by atoms with Crippen LogP contribution in [0.4, 0.5) is 38.6 Å². The average Bonchev–Trinajstić information content (AvgIpc) is 3.20. The zero-order valence-corrected chi connectivity index (χ0v) is 19.2. The third kappa shape index (κ3) is 4.96. The lowest BCUT2D eigenvalue weighted by Gasteiger charge is -2.15. The minimum absolute atomic E-state index is 0.251. The summed E-state index contributed by atoms with van der Waals surface area (Å²) in [6.45, 7) is 3.98. The molecule has 0 saturated carbocycles. The number of thiophene rings is 1. The standard InChI is InChI=1S/C25H24N6OS/c1-15-10-22(33-14-15)30-25(32)29-21-9-8-20-12-18(21)7-6-17-4-3-5-19(11-17)28-24-26-13-16(2)23(27-20)31-24/h3-5,8-14H,6-7H2,1-2H3,(H2,29,30,32)(H2,26,27,28,31). The predicted molar refractivity (Wildman–Crippen MR) is 135 cm³/mol. The van der Waals surface area contributed by atoms with Crippen molar-refractivity contribution < 1.29 is 4.79 Å². The second kappa shape index (κ2) is 8.91. The van der Waals surface area contributed by atoms with Gasteiger partial charge in [-0.3, -0.25) is 5.32 Å². The van der Waals surface area contributed by atoms with Crippen molar-refractivity contribution in [2.75, 3.05) is 21.3 Å². The highest BCUT2D eigenvalue weighted by Gasteiger charge is 2.12. The van der Waals surface area contributed by atoms with Gasteiger partial charge < -0.3 is 16.0 Å². The van der Waals surface area contributed by atoms with Crippen molar-refractivity contribution in [1.82, 2.24) is 9.97 Å². The molecule has 1 aliphatic heterocycles. The average molecular weight is 457 g/mol. The van der Waals surface area contributed by atoms with Crippen molar-refractivity contribution >= 4 is 51.2 Å². The number of hydrogen-bond acceptors (Lipinski definition) is 6. The van der Waals surface area contributed by atoms with E-state index in [2.05, 4.69) is 49.4 Å². The Balaban J connectivity index is 1.47. The Morgan fingerprint density at radius 1 is 1.00 bits per heavy atom. The minimum Gasteiger partial charge on any atom is -0.340 e. The topological polar surface area (TPSA) is 91.0 Å². The van der Waals surface area contributed by atoms with Crippen molar-refractivity contribution in [3.63, 3.8) is 0 Å². The number of fused-ring (bicyclic) bond motifs is 6. The van der Waals surface area contributed by atoms with E-state index in [9.17, 15) is 4.79 Å². The van der Waals surface area contributed by atoms with Crippen LogP contribution >= 0.6 is 11.3 Å². The molecule has 2 aromatic heterocycles. The molecule has 0 fully saturated rings. The van der Waals surface area contributed by atoms with Gasteiger partial charge in [-0.05, 0) is 85.2 Å². The highest BCUT2D eigenvalue weighted by molar-refractivity contribution is 7.14. The summed E-state index contributed by atoms with van der Waals surface area (Å²) in [5.41, 5.74) is 6.94. The van der Waals surface area contributed by atoms with E-state index in [-0.39, 0.29) is 6.03 Å². The highest BCUT2D eigenvalue weighted by atomic mass is 32.1. The van der Waals surface area contributed by atoms with E-state index in [1.165, 1.54) is 16.9 Å². The number of urea groups is 1. The first-order valence-corrected chi connectivity index (χ1v) is 11.6. The van der Waals surface area contributed by atoms with Gasteiger partial charge in [-0.1, -0.05) is 12.1 Å². The normalized spacial score (nSPS) is 12.3. The SMILES string of the molecule is Cc1csc(NC(=O)Nc2ccc3cc2CCc2cccc(c2)Nc2ncc(C)c(n2)N3)c1. The lowest BCUT2D eigenvalue weighted by atomic mass is 10.0. The molecule has 6 bridgehead atoms. The second-order valence-electron chi connectivity index (χ2n) is 8.11. The van der Waals surface area contributed by atoms with Gasteiger partial charge in [0.25, 0.3) is 0 Å². The van der Waals surface area contributed by atoms with E-state index in [4.69, 9.17) is 0 Å². The fourth-order valence-corrected chi connectivity index (χ4v) is 4.53. The summed E-state index contributed by atoms with van der Waals surface area (Å²) < 4.78 is 0. The summed E-state index contributed by atoms with van der Waals surface area (Å²) in [7, 11) is 0. The highest BCUT2D eigenvalue weighted by Crippen LogP contribution is 2.28. The number of benzene rings is 2. The van der Waals surface area contributed by atoms with Crippen LogP contribution in [-0.4, -0.2) is 16.0 Å². The molecule has 2 aromatic carbocycles. The Morgan fingerprint density at radius 2 is 1.88 bits per heavy atom. The van der Waals surface area contributed by atoms with Gasteiger partial charge >= 0.3 is 6.03 Å². The zero-order chi connectivity index (χ0) is 22.8. The number of amides is 2. The molecule has 0 spiro atoms. The summed E-state index contributed by atoms with van der Waals surface area (Å²) in [5, 5.41) is 15.5. The van der Waals surface area contributed by atoms with Crippen molar-refractivity contribution in [2.24, 2.45) is 0 Å². The van der Waals surface area contributed by atoms with Gasteiger partial charge in [-0.2, -0.15) is 4.98 Å². The molecular weight excluding hydrogens is 432 g/mol. The van der Waals surface area contributed by atoms with Crippen LogP contribution in [0.2, 0.25) is 0 Å². The van der Waals surface area contributed by atoms with Gasteiger partial charge in [-0.15, -0.1) is 11.3 Å². The van der Waals surface area contributed by atoms with E-state index >= 15 is 0 Å². The molecule has 0 unspecified atom stereocenters. The number of aryl methyl sites for hydroxylation is 4. The van der Waals surface area contributed by atoms with Crippen molar-refractivity contribution in [3.8, 4) is 0 Å². The molecular formula is C25H24N6OS. The Morgan fingerprint density at radius 3 is 2.73 bits per heavy atom. The predicted octanol–water partition coefficient (Wildman–Crippen LogP) is 6.38. The third-order valence-electron chi connectivity index (χ3n) is 5.42. The maximum absolute atomic E-state index is 12.6. The minimum atomic E-state index is -0.251. The largest absolute Gasteiger partial charge is 0.340 e. The molecule has 0 aliphatic carbocycles. The first-order valence-electron chi connectivity index (χ1n) is 10.7. The Bertz CT molecular complexity index is 1330. The fourth-order valence-electron chi connectivity index (χ4n) is 3.74. The van der Waals surface area contributed by atoms with Crippen LogP contribution in [0.1, 0.15) is 22.3 Å². The van der Waals surface area contributed by atoms with Gasteiger partial charge in [0, 0.05) is 28.8 Å². The van der Waals surface area contributed by atoms with Crippen molar-refractivity contribution in [2.45, 2.75) is 26.7 Å². The van der Waals surface area contributed by atoms with Crippen molar-refractivity contribution in [3.05, 3.63) is 82.4 Å².